The van der Waals surface area contributed by atoms with Crippen LogP contribution in [-0.4, -0.2) is 56.6 Å². The highest BCUT2D eigenvalue weighted by Gasteiger charge is 2.33. The first kappa shape index (κ1) is 29.8. The van der Waals surface area contributed by atoms with Gasteiger partial charge in [0.25, 0.3) is 0 Å². The first-order valence-corrected chi connectivity index (χ1v) is 15.4. The van der Waals surface area contributed by atoms with Crippen LogP contribution in [0.5, 0.6) is 5.75 Å². The first-order valence-electron chi connectivity index (χ1n) is 13.2. The molecule has 0 radical (unpaired) electrons. The van der Waals surface area contributed by atoms with E-state index in [2.05, 4.69) is 5.32 Å². The standard InChI is InChI=1S/C28H38ClN3O5S/c1-4-24(28(34)30-22-14-7-6-8-15-22)31(19-21-13-9-10-16-23(21)29)27(33)20-32(38(3,35)36)25-17-11-12-18-26(25)37-5-2/h9-13,16-18,22,24H,4-8,14-15,19-20H2,1-3H3,(H,30,34)/t24-/m0/s1. The SMILES string of the molecule is CCOc1ccccc1N(CC(=O)N(Cc1ccccc1Cl)[C@@H](CC)C(=O)NC1CCCCC1)S(C)(=O)=O. The zero-order valence-corrected chi connectivity index (χ0v) is 23.9. The third-order valence-corrected chi connectivity index (χ3v) is 8.24. The maximum Gasteiger partial charge on any atom is 0.244 e. The van der Waals surface area contributed by atoms with Gasteiger partial charge in [0.15, 0.2) is 0 Å². The van der Waals surface area contributed by atoms with E-state index in [1.54, 1.807) is 49.4 Å². The second kappa shape index (κ2) is 13.8. The summed E-state index contributed by atoms with van der Waals surface area (Å²) in [4.78, 5) is 28.8. The van der Waals surface area contributed by atoms with Gasteiger partial charge >= 0.3 is 0 Å². The summed E-state index contributed by atoms with van der Waals surface area (Å²) < 4.78 is 32.5. The molecule has 2 aromatic rings. The van der Waals surface area contributed by atoms with E-state index in [1.807, 2.05) is 13.0 Å². The van der Waals surface area contributed by atoms with Crippen molar-refractivity contribution >= 4 is 39.1 Å². The number of sulfonamides is 1. The number of hydrogen-bond acceptors (Lipinski definition) is 5. The number of nitrogens with one attached hydrogen (secondary N) is 1. The molecule has 3 rings (SSSR count). The van der Waals surface area contributed by atoms with Crippen molar-refractivity contribution in [3.63, 3.8) is 0 Å². The fourth-order valence-electron chi connectivity index (χ4n) is 4.81. The van der Waals surface area contributed by atoms with Crippen LogP contribution >= 0.6 is 11.6 Å². The molecule has 38 heavy (non-hydrogen) atoms. The Labute approximate surface area is 231 Å². The summed E-state index contributed by atoms with van der Waals surface area (Å²) in [5, 5.41) is 3.60. The average molecular weight is 564 g/mol. The van der Waals surface area contributed by atoms with Crippen molar-refractivity contribution in [2.75, 3.05) is 23.7 Å². The Hall–Kier alpha value is -2.78. The van der Waals surface area contributed by atoms with Crippen LogP contribution in [0.3, 0.4) is 0 Å². The lowest BCUT2D eigenvalue weighted by Gasteiger charge is -2.34. The lowest BCUT2D eigenvalue weighted by atomic mass is 9.95. The predicted molar refractivity (Wildman–Crippen MR) is 151 cm³/mol. The molecule has 1 N–H and O–H groups in total. The topological polar surface area (TPSA) is 96.0 Å². The highest BCUT2D eigenvalue weighted by molar-refractivity contribution is 7.92. The van der Waals surface area contributed by atoms with Gasteiger partial charge in [-0.15, -0.1) is 0 Å². The van der Waals surface area contributed by atoms with Crippen LogP contribution in [0.1, 0.15) is 57.9 Å². The molecule has 10 heteroatoms. The minimum absolute atomic E-state index is 0.0693. The van der Waals surface area contributed by atoms with Crippen molar-refractivity contribution in [1.29, 1.82) is 0 Å². The van der Waals surface area contributed by atoms with Gasteiger partial charge in [-0.25, -0.2) is 8.42 Å². The van der Waals surface area contributed by atoms with Crippen molar-refractivity contribution in [3.8, 4) is 5.75 Å². The number of amides is 2. The smallest absolute Gasteiger partial charge is 0.244 e. The third-order valence-electron chi connectivity index (χ3n) is 6.75. The highest BCUT2D eigenvalue weighted by atomic mass is 35.5. The summed E-state index contributed by atoms with van der Waals surface area (Å²) in [5.41, 5.74) is 0.939. The molecule has 0 saturated heterocycles. The van der Waals surface area contributed by atoms with Gasteiger partial charge in [-0.3, -0.25) is 13.9 Å². The Morgan fingerprint density at radius 3 is 2.34 bits per heavy atom. The highest BCUT2D eigenvalue weighted by Crippen LogP contribution is 2.30. The Balaban J connectivity index is 1.95. The van der Waals surface area contributed by atoms with E-state index < -0.39 is 28.5 Å². The van der Waals surface area contributed by atoms with Crippen molar-refractivity contribution < 1.29 is 22.7 Å². The van der Waals surface area contributed by atoms with E-state index in [4.69, 9.17) is 16.3 Å². The van der Waals surface area contributed by atoms with Crippen molar-refractivity contribution in [2.45, 2.75) is 71.0 Å². The van der Waals surface area contributed by atoms with Gasteiger partial charge in [0.05, 0.1) is 18.6 Å². The molecule has 208 valence electrons. The zero-order valence-electron chi connectivity index (χ0n) is 22.4. The number of ether oxygens (including phenoxy) is 1. The van der Waals surface area contributed by atoms with Gasteiger partial charge in [0.1, 0.15) is 18.3 Å². The lowest BCUT2D eigenvalue weighted by molar-refractivity contribution is -0.140. The fourth-order valence-corrected chi connectivity index (χ4v) is 5.86. The minimum atomic E-state index is -3.86. The number of rotatable bonds is 12. The minimum Gasteiger partial charge on any atom is -0.492 e. The Kier molecular flexibility index (Phi) is 10.8. The summed E-state index contributed by atoms with van der Waals surface area (Å²) in [6.07, 6.45) is 6.52. The molecule has 0 aliphatic heterocycles. The van der Waals surface area contributed by atoms with Gasteiger partial charge in [0.2, 0.25) is 21.8 Å². The molecule has 1 aliphatic carbocycles. The maximum absolute atomic E-state index is 13.9. The van der Waals surface area contributed by atoms with Crippen LogP contribution in [0.2, 0.25) is 5.02 Å². The van der Waals surface area contributed by atoms with E-state index in [1.165, 1.54) is 4.90 Å². The molecule has 2 amide bonds. The van der Waals surface area contributed by atoms with Gasteiger partial charge in [-0.2, -0.15) is 0 Å². The molecule has 1 saturated carbocycles. The molecule has 0 unspecified atom stereocenters. The van der Waals surface area contributed by atoms with Gasteiger partial charge in [0, 0.05) is 17.6 Å². The molecule has 0 spiro atoms. The number of benzene rings is 2. The second-order valence-corrected chi connectivity index (χ2v) is 11.9. The number of carbonyl (C=O) groups is 2. The van der Waals surface area contributed by atoms with E-state index in [0.717, 1.165) is 42.7 Å². The van der Waals surface area contributed by atoms with Gasteiger partial charge in [-0.1, -0.05) is 68.1 Å². The number of nitrogens with zero attached hydrogens (tertiary/aromatic N) is 2. The predicted octanol–water partition coefficient (Wildman–Crippen LogP) is 4.76. The summed E-state index contributed by atoms with van der Waals surface area (Å²) in [6.45, 7) is 3.56. The van der Waals surface area contributed by atoms with E-state index in [0.29, 0.717) is 29.4 Å². The molecule has 1 aliphatic rings. The van der Waals surface area contributed by atoms with Crippen molar-refractivity contribution in [3.05, 3.63) is 59.1 Å². The van der Waals surface area contributed by atoms with Gasteiger partial charge < -0.3 is 15.0 Å². The van der Waals surface area contributed by atoms with Crippen LogP contribution in [0.15, 0.2) is 48.5 Å². The van der Waals surface area contributed by atoms with E-state index in [9.17, 15) is 18.0 Å². The van der Waals surface area contributed by atoms with Crippen LogP contribution in [-0.2, 0) is 26.2 Å². The largest absolute Gasteiger partial charge is 0.492 e. The lowest BCUT2D eigenvalue weighted by Crippen LogP contribution is -2.54. The number of halogens is 1. The van der Waals surface area contributed by atoms with Crippen LogP contribution in [0.4, 0.5) is 5.69 Å². The fraction of sp³-hybridized carbons (Fsp3) is 0.500. The number of para-hydroxylation sites is 2. The number of anilines is 1. The van der Waals surface area contributed by atoms with E-state index in [-0.39, 0.29) is 24.2 Å². The first-order chi connectivity index (χ1) is 18.2. The molecule has 0 aromatic heterocycles. The number of hydrogen-bond donors (Lipinski definition) is 1. The maximum atomic E-state index is 13.9. The Morgan fingerprint density at radius 1 is 1.05 bits per heavy atom. The molecule has 0 bridgehead atoms. The van der Waals surface area contributed by atoms with E-state index >= 15 is 0 Å². The molecular weight excluding hydrogens is 526 g/mol. The van der Waals surface area contributed by atoms with Gasteiger partial charge in [-0.05, 0) is 49.9 Å². The quantitative estimate of drug-likeness (QED) is 0.401. The summed E-state index contributed by atoms with van der Waals surface area (Å²) >= 11 is 6.42. The molecule has 1 fully saturated rings. The normalized spacial score (nSPS) is 14.9. The molecule has 1 atom stereocenters. The molecule has 8 nitrogen and oxygen atoms in total. The monoisotopic (exact) mass is 563 g/mol. The Morgan fingerprint density at radius 2 is 1.71 bits per heavy atom. The zero-order chi connectivity index (χ0) is 27.7. The molecule has 0 heterocycles. The summed E-state index contributed by atoms with van der Waals surface area (Å²) in [5.74, 6) is -0.388. The van der Waals surface area contributed by atoms with Crippen LogP contribution in [0.25, 0.3) is 0 Å². The van der Waals surface area contributed by atoms with Crippen LogP contribution in [0, 0.1) is 0 Å². The molecule has 2 aromatic carbocycles. The molecular formula is C28H38ClN3O5S. The average Bonchev–Trinajstić information content (AvgIpc) is 2.88. The van der Waals surface area contributed by atoms with Crippen molar-refractivity contribution in [1.82, 2.24) is 10.2 Å². The van der Waals surface area contributed by atoms with Crippen molar-refractivity contribution in [2.24, 2.45) is 0 Å². The second-order valence-electron chi connectivity index (χ2n) is 9.55. The van der Waals surface area contributed by atoms with Crippen LogP contribution < -0.4 is 14.4 Å². The third kappa shape index (κ3) is 7.86. The summed E-state index contributed by atoms with van der Waals surface area (Å²) in [7, 11) is -3.86. The number of carbonyl (C=O) groups excluding carboxylic acids is 2. The summed E-state index contributed by atoms with van der Waals surface area (Å²) in [6, 6.07) is 13.1. The Bertz CT molecular complexity index is 1200.